The zero-order chi connectivity index (χ0) is 20.6. The number of piperidine rings is 1. The number of aromatic carboxylic acids is 1. The molecule has 0 spiro atoms. The Kier molecular flexibility index (Phi) is 7.36. The Labute approximate surface area is 171 Å². The first-order chi connectivity index (χ1) is 14.1. The van der Waals surface area contributed by atoms with Crippen molar-refractivity contribution in [1.29, 1.82) is 0 Å². The number of carboxylic acid groups (broad SMARTS) is 1. The molecule has 1 saturated heterocycles. The lowest BCUT2D eigenvalue weighted by Crippen LogP contribution is -2.34. The van der Waals surface area contributed by atoms with Crippen molar-refractivity contribution in [3.8, 4) is 16.9 Å². The lowest BCUT2D eigenvalue weighted by atomic mass is 9.92. The molecule has 29 heavy (non-hydrogen) atoms. The van der Waals surface area contributed by atoms with Crippen molar-refractivity contribution in [2.45, 2.75) is 32.6 Å². The van der Waals surface area contributed by atoms with E-state index in [9.17, 15) is 14.7 Å². The summed E-state index contributed by atoms with van der Waals surface area (Å²) in [4.78, 5) is 28.3. The van der Waals surface area contributed by atoms with Crippen LogP contribution in [0.1, 0.15) is 41.7 Å². The maximum absolute atomic E-state index is 11.5. The van der Waals surface area contributed by atoms with E-state index in [1.165, 1.54) is 6.20 Å². The molecule has 154 valence electrons. The summed E-state index contributed by atoms with van der Waals surface area (Å²) in [6, 6.07) is 9.24. The van der Waals surface area contributed by atoms with Crippen LogP contribution in [0.4, 0.5) is 0 Å². The molecule has 0 radical (unpaired) electrons. The maximum Gasteiger partial charge on any atom is 0.355 e. The molecule has 6 nitrogen and oxygen atoms in total. The van der Waals surface area contributed by atoms with Crippen LogP contribution in [-0.4, -0.2) is 53.5 Å². The van der Waals surface area contributed by atoms with E-state index >= 15 is 0 Å². The molecule has 0 unspecified atom stereocenters. The minimum absolute atomic E-state index is 0.0497. The van der Waals surface area contributed by atoms with Crippen LogP contribution in [0.5, 0.6) is 5.75 Å². The third-order valence-electron chi connectivity index (χ3n) is 5.64. The monoisotopic (exact) mass is 396 g/mol. The number of hydrogen-bond acceptors (Lipinski definition) is 5. The van der Waals surface area contributed by atoms with Crippen molar-refractivity contribution in [1.82, 2.24) is 9.88 Å². The number of aldehydes is 1. The topological polar surface area (TPSA) is 79.7 Å². The van der Waals surface area contributed by atoms with Crippen LogP contribution in [-0.2, 0) is 4.79 Å². The molecule has 0 amide bonds. The van der Waals surface area contributed by atoms with E-state index in [-0.39, 0.29) is 5.69 Å². The predicted molar refractivity (Wildman–Crippen MR) is 111 cm³/mol. The first kappa shape index (κ1) is 21.0. The Hall–Kier alpha value is -2.73. The number of carboxylic acids is 1. The van der Waals surface area contributed by atoms with Crippen molar-refractivity contribution >= 4 is 12.3 Å². The van der Waals surface area contributed by atoms with Crippen molar-refractivity contribution in [2.24, 2.45) is 5.92 Å². The summed E-state index contributed by atoms with van der Waals surface area (Å²) in [7, 11) is 0. The zero-order valence-corrected chi connectivity index (χ0v) is 16.8. The molecule has 1 aromatic carbocycles. The average molecular weight is 396 g/mol. The molecule has 2 aromatic rings. The molecular weight excluding hydrogens is 368 g/mol. The molecular formula is C23H28N2O4. The largest absolute Gasteiger partial charge is 0.493 e. The van der Waals surface area contributed by atoms with Gasteiger partial charge in [0.2, 0.25) is 0 Å². The second-order valence-electron chi connectivity index (χ2n) is 7.53. The minimum atomic E-state index is -1.04. The summed E-state index contributed by atoms with van der Waals surface area (Å²) >= 11 is 0. The number of likely N-dealkylation sites (tertiary alicyclic amines) is 1. The molecule has 0 bridgehead atoms. The van der Waals surface area contributed by atoms with Crippen LogP contribution in [0.25, 0.3) is 11.1 Å². The van der Waals surface area contributed by atoms with Gasteiger partial charge >= 0.3 is 5.97 Å². The highest BCUT2D eigenvalue weighted by molar-refractivity contribution is 5.94. The molecule has 1 aliphatic heterocycles. The van der Waals surface area contributed by atoms with Crippen molar-refractivity contribution in [3.63, 3.8) is 0 Å². The summed E-state index contributed by atoms with van der Waals surface area (Å²) in [5.74, 6) is 0.441. The van der Waals surface area contributed by atoms with E-state index in [0.29, 0.717) is 24.6 Å². The predicted octanol–water partition coefficient (Wildman–Crippen LogP) is 3.83. The number of carbonyl (C=O) groups excluding carboxylic acids is 1. The molecule has 1 aromatic heterocycles. The van der Waals surface area contributed by atoms with Crippen molar-refractivity contribution in [2.75, 3.05) is 26.2 Å². The Morgan fingerprint density at radius 3 is 2.72 bits per heavy atom. The molecule has 0 saturated carbocycles. The summed E-state index contributed by atoms with van der Waals surface area (Å²) in [6.45, 7) is 5.14. The number of nitrogens with zero attached hydrogens (tertiary/aromatic N) is 2. The number of hydrogen-bond donors (Lipinski definition) is 1. The van der Waals surface area contributed by atoms with Gasteiger partial charge in [0.25, 0.3) is 0 Å². The third kappa shape index (κ3) is 5.41. The van der Waals surface area contributed by atoms with Crippen LogP contribution in [0, 0.1) is 12.8 Å². The van der Waals surface area contributed by atoms with Gasteiger partial charge in [-0.15, -0.1) is 0 Å². The van der Waals surface area contributed by atoms with Crippen LogP contribution >= 0.6 is 0 Å². The van der Waals surface area contributed by atoms with Crippen LogP contribution in [0.3, 0.4) is 0 Å². The second kappa shape index (κ2) is 10.2. The lowest BCUT2D eigenvalue weighted by Gasteiger charge is -2.30. The first-order valence-corrected chi connectivity index (χ1v) is 10.2. The van der Waals surface area contributed by atoms with E-state index in [1.54, 1.807) is 12.1 Å². The normalized spacial score (nSPS) is 15.2. The Balaban J connectivity index is 1.56. The Morgan fingerprint density at radius 1 is 1.24 bits per heavy atom. The van der Waals surface area contributed by atoms with Crippen LogP contribution < -0.4 is 4.74 Å². The summed E-state index contributed by atoms with van der Waals surface area (Å²) in [5.41, 5.74) is 2.40. The van der Waals surface area contributed by atoms with Gasteiger partial charge in [0.1, 0.15) is 12.0 Å². The van der Waals surface area contributed by atoms with Gasteiger partial charge < -0.3 is 14.6 Å². The van der Waals surface area contributed by atoms with Gasteiger partial charge in [-0.05, 0) is 74.9 Å². The van der Waals surface area contributed by atoms with E-state index in [2.05, 4.69) is 9.88 Å². The number of pyridine rings is 1. The average Bonchev–Trinajstić information content (AvgIpc) is 2.73. The quantitative estimate of drug-likeness (QED) is 0.513. The molecule has 1 fully saturated rings. The molecule has 0 aliphatic carbocycles. The highest BCUT2D eigenvalue weighted by Gasteiger charge is 2.19. The van der Waals surface area contributed by atoms with Crippen LogP contribution in [0.2, 0.25) is 0 Å². The number of aromatic nitrogens is 1. The highest BCUT2D eigenvalue weighted by Crippen LogP contribution is 2.32. The lowest BCUT2D eigenvalue weighted by molar-refractivity contribution is -0.109. The fourth-order valence-electron chi connectivity index (χ4n) is 3.97. The molecule has 3 rings (SSSR count). The Morgan fingerprint density at radius 2 is 2.00 bits per heavy atom. The van der Waals surface area contributed by atoms with E-state index in [0.717, 1.165) is 61.9 Å². The van der Waals surface area contributed by atoms with E-state index in [4.69, 9.17) is 4.74 Å². The van der Waals surface area contributed by atoms with Gasteiger partial charge in [-0.2, -0.15) is 0 Å². The van der Waals surface area contributed by atoms with E-state index < -0.39 is 5.97 Å². The molecule has 1 aliphatic rings. The number of carbonyl (C=O) groups is 2. The fraction of sp³-hybridized carbons (Fsp3) is 0.435. The summed E-state index contributed by atoms with van der Waals surface area (Å²) in [6.07, 6.45) is 6.86. The first-order valence-electron chi connectivity index (χ1n) is 10.2. The number of benzene rings is 1. The van der Waals surface area contributed by atoms with E-state index in [1.807, 2.05) is 25.1 Å². The van der Waals surface area contributed by atoms with Gasteiger partial charge in [-0.3, -0.25) is 4.90 Å². The van der Waals surface area contributed by atoms with Gasteiger partial charge in [-0.1, -0.05) is 18.2 Å². The third-order valence-corrected chi connectivity index (χ3v) is 5.64. The molecule has 0 atom stereocenters. The molecule has 1 N–H and O–H groups in total. The minimum Gasteiger partial charge on any atom is -0.493 e. The number of ether oxygens (including phenoxy) is 1. The number of rotatable bonds is 9. The SMILES string of the molecule is Cc1c(OCCCC2CCN(CC=O)CC2)cccc1-c1cccnc1C(=O)O. The Bertz CT molecular complexity index is 845. The van der Waals surface area contributed by atoms with Crippen LogP contribution in [0.15, 0.2) is 36.5 Å². The van der Waals surface area contributed by atoms with Gasteiger partial charge in [0.15, 0.2) is 5.69 Å². The highest BCUT2D eigenvalue weighted by atomic mass is 16.5. The van der Waals surface area contributed by atoms with Crippen molar-refractivity contribution < 1.29 is 19.4 Å². The van der Waals surface area contributed by atoms with Gasteiger partial charge in [0, 0.05) is 11.8 Å². The van der Waals surface area contributed by atoms with Crippen molar-refractivity contribution in [3.05, 3.63) is 47.8 Å². The zero-order valence-electron chi connectivity index (χ0n) is 16.8. The standard InChI is InChI=1S/C23H28N2O4/c1-17-19(20-7-3-11-24-22(20)23(27)28)6-2-8-21(17)29-16-4-5-18-9-12-25(13-10-18)14-15-26/h2-3,6-8,11,15,18H,4-5,9-10,12-14,16H2,1H3,(H,27,28). The van der Waals surface area contributed by atoms with Gasteiger partial charge in [0.05, 0.1) is 13.2 Å². The maximum atomic E-state index is 11.5. The molecule has 2 heterocycles. The summed E-state index contributed by atoms with van der Waals surface area (Å²) < 4.78 is 6.03. The second-order valence-corrected chi connectivity index (χ2v) is 7.53. The smallest absolute Gasteiger partial charge is 0.355 e. The summed E-state index contributed by atoms with van der Waals surface area (Å²) in [5, 5.41) is 9.42. The fourth-order valence-corrected chi connectivity index (χ4v) is 3.97. The molecule has 6 heteroatoms. The van der Waals surface area contributed by atoms with Gasteiger partial charge in [-0.25, -0.2) is 9.78 Å².